The largest absolute Gasteiger partial charge is 0.457 e. The molecule has 0 bridgehead atoms. The van der Waals surface area contributed by atoms with Crippen molar-refractivity contribution in [1.29, 1.82) is 0 Å². The van der Waals surface area contributed by atoms with Crippen LogP contribution in [0.25, 0.3) is 0 Å². The van der Waals surface area contributed by atoms with Crippen molar-refractivity contribution in [2.45, 2.75) is 19.4 Å². The lowest BCUT2D eigenvalue weighted by Crippen LogP contribution is -2.26. The fourth-order valence-corrected chi connectivity index (χ4v) is 2.38. The number of nitrogens with one attached hydrogen (secondary N) is 1. The molecule has 3 nitrogen and oxygen atoms in total. The van der Waals surface area contributed by atoms with E-state index in [2.05, 4.69) is 17.4 Å². The molecule has 3 heteroatoms. The van der Waals surface area contributed by atoms with E-state index in [0.717, 1.165) is 37.4 Å². The molecule has 110 valence electrons. The molecule has 0 atom stereocenters. The average molecular weight is 283 g/mol. The summed E-state index contributed by atoms with van der Waals surface area (Å²) in [6.45, 7) is 1.97. The third-order valence-corrected chi connectivity index (χ3v) is 4.00. The summed E-state index contributed by atoms with van der Waals surface area (Å²) in [5.41, 5.74) is 1.34. The van der Waals surface area contributed by atoms with Gasteiger partial charge in [0.2, 0.25) is 0 Å². The Bertz CT molecular complexity index is 579. The van der Waals surface area contributed by atoms with Gasteiger partial charge in [0.25, 0.3) is 0 Å². The summed E-state index contributed by atoms with van der Waals surface area (Å²) in [7, 11) is 0. The first-order chi connectivity index (χ1) is 10.3. The topological polar surface area (TPSA) is 41.5 Å². The van der Waals surface area contributed by atoms with Crippen LogP contribution in [0.5, 0.6) is 11.5 Å². The smallest absolute Gasteiger partial charge is 0.127 e. The summed E-state index contributed by atoms with van der Waals surface area (Å²) >= 11 is 0. The van der Waals surface area contributed by atoms with Gasteiger partial charge in [-0.15, -0.1) is 0 Å². The van der Waals surface area contributed by atoms with Gasteiger partial charge in [0, 0.05) is 25.1 Å². The molecule has 0 amide bonds. The number of aliphatic hydroxyl groups is 1. The van der Waals surface area contributed by atoms with Crippen molar-refractivity contribution in [3.63, 3.8) is 0 Å². The number of hydrogen-bond acceptors (Lipinski definition) is 3. The molecule has 0 saturated heterocycles. The number of benzene rings is 2. The van der Waals surface area contributed by atoms with Gasteiger partial charge in [0.1, 0.15) is 11.5 Å². The molecule has 21 heavy (non-hydrogen) atoms. The van der Waals surface area contributed by atoms with E-state index in [1.165, 1.54) is 5.56 Å². The summed E-state index contributed by atoms with van der Waals surface area (Å²) in [4.78, 5) is 0. The SMILES string of the molecule is OCC1(CNCc2cccc(Oc3ccccc3)c2)CC1. The Labute approximate surface area is 125 Å². The first-order valence-corrected chi connectivity index (χ1v) is 7.43. The Hall–Kier alpha value is -1.84. The molecule has 3 rings (SSSR count). The van der Waals surface area contributed by atoms with Crippen LogP contribution in [0.15, 0.2) is 54.6 Å². The van der Waals surface area contributed by atoms with Crippen molar-refractivity contribution >= 4 is 0 Å². The van der Waals surface area contributed by atoms with Crippen LogP contribution in [0.2, 0.25) is 0 Å². The number of para-hydroxylation sites is 1. The first kappa shape index (κ1) is 14.1. The van der Waals surface area contributed by atoms with Crippen LogP contribution in [0.4, 0.5) is 0 Å². The molecule has 1 aliphatic carbocycles. The third-order valence-electron chi connectivity index (χ3n) is 4.00. The van der Waals surface area contributed by atoms with E-state index in [9.17, 15) is 5.11 Å². The van der Waals surface area contributed by atoms with Gasteiger partial charge in [-0.2, -0.15) is 0 Å². The van der Waals surface area contributed by atoms with Crippen LogP contribution >= 0.6 is 0 Å². The molecule has 0 radical (unpaired) electrons. The summed E-state index contributed by atoms with van der Waals surface area (Å²) in [6, 6.07) is 17.9. The van der Waals surface area contributed by atoms with E-state index in [1.54, 1.807) is 0 Å². The zero-order valence-corrected chi connectivity index (χ0v) is 12.1. The van der Waals surface area contributed by atoms with E-state index >= 15 is 0 Å². The quantitative estimate of drug-likeness (QED) is 0.819. The standard InChI is InChI=1S/C18H21NO2/c20-14-18(9-10-18)13-19-12-15-5-4-8-17(11-15)21-16-6-2-1-3-7-16/h1-8,11,19-20H,9-10,12-14H2. The molecule has 1 aliphatic rings. The van der Waals surface area contributed by atoms with E-state index in [-0.39, 0.29) is 12.0 Å². The van der Waals surface area contributed by atoms with Gasteiger partial charge in [-0.3, -0.25) is 0 Å². The number of hydrogen-bond donors (Lipinski definition) is 2. The van der Waals surface area contributed by atoms with E-state index in [0.29, 0.717) is 0 Å². The van der Waals surface area contributed by atoms with Crippen molar-refractivity contribution in [3.05, 3.63) is 60.2 Å². The molecular weight excluding hydrogens is 262 g/mol. The van der Waals surface area contributed by atoms with Crippen molar-refractivity contribution in [2.24, 2.45) is 5.41 Å². The maximum Gasteiger partial charge on any atom is 0.127 e. The summed E-state index contributed by atoms with van der Waals surface area (Å²) in [5.74, 6) is 1.70. The molecule has 2 N–H and O–H groups in total. The Morgan fingerprint density at radius 1 is 1.00 bits per heavy atom. The Morgan fingerprint density at radius 3 is 2.48 bits per heavy atom. The lowest BCUT2D eigenvalue weighted by molar-refractivity contribution is 0.207. The highest BCUT2D eigenvalue weighted by atomic mass is 16.5. The van der Waals surface area contributed by atoms with Gasteiger partial charge in [0.05, 0.1) is 0 Å². The normalized spacial score (nSPS) is 15.7. The minimum absolute atomic E-state index is 0.151. The summed E-state index contributed by atoms with van der Waals surface area (Å²) in [5, 5.41) is 12.7. The fourth-order valence-electron chi connectivity index (χ4n) is 2.38. The highest BCUT2D eigenvalue weighted by molar-refractivity contribution is 5.33. The van der Waals surface area contributed by atoms with Gasteiger partial charge in [-0.05, 0) is 42.7 Å². The Balaban J connectivity index is 1.56. The van der Waals surface area contributed by atoms with Crippen molar-refractivity contribution in [2.75, 3.05) is 13.2 Å². The zero-order valence-electron chi connectivity index (χ0n) is 12.1. The lowest BCUT2D eigenvalue weighted by atomic mass is 10.1. The maximum atomic E-state index is 9.30. The Kier molecular flexibility index (Phi) is 4.23. The first-order valence-electron chi connectivity index (χ1n) is 7.43. The van der Waals surface area contributed by atoms with Crippen LogP contribution in [-0.4, -0.2) is 18.3 Å². The number of aliphatic hydroxyl groups excluding tert-OH is 1. The van der Waals surface area contributed by atoms with Gasteiger partial charge in [-0.1, -0.05) is 30.3 Å². The molecule has 2 aromatic carbocycles. The lowest BCUT2D eigenvalue weighted by Gasteiger charge is -2.13. The van der Waals surface area contributed by atoms with E-state index < -0.39 is 0 Å². The predicted molar refractivity (Wildman–Crippen MR) is 83.4 cm³/mol. The molecule has 1 saturated carbocycles. The maximum absolute atomic E-state index is 9.30. The van der Waals surface area contributed by atoms with Crippen molar-refractivity contribution in [1.82, 2.24) is 5.32 Å². The van der Waals surface area contributed by atoms with Gasteiger partial charge < -0.3 is 15.2 Å². The summed E-state index contributed by atoms with van der Waals surface area (Å²) in [6.07, 6.45) is 2.27. The van der Waals surface area contributed by atoms with Crippen molar-refractivity contribution < 1.29 is 9.84 Å². The molecule has 0 spiro atoms. The fraction of sp³-hybridized carbons (Fsp3) is 0.333. The van der Waals surface area contributed by atoms with Crippen LogP contribution in [0.1, 0.15) is 18.4 Å². The molecule has 0 aromatic heterocycles. The number of rotatable bonds is 7. The average Bonchev–Trinajstić information content (AvgIpc) is 3.29. The molecule has 0 unspecified atom stereocenters. The Morgan fingerprint density at radius 2 is 1.76 bits per heavy atom. The minimum atomic E-state index is 0.151. The van der Waals surface area contributed by atoms with Crippen LogP contribution in [-0.2, 0) is 6.54 Å². The third kappa shape index (κ3) is 3.84. The molecule has 1 fully saturated rings. The molecular formula is C18H21NO2. The van der Waals surface area contributed by atoms with E-state index in [1.807, 2.05) is 42.5 Å². The monoisotopic (exact) mass is 283 g/mol. The van der Waals surface area contributed by atoms with Gasteiger partial charge >= 0.3 is 0 Å². The van der Waals surface area contributed by atoms with Crippen molar-refractivity contribution in [3.8, 4) is 11.5 Å². The molecule has 0 heterocycles. The highest BCUT2D eigenvalue weighted by Crippen LogP contribution is 2.44. The highest BCUT2D eigenvalue weighted by Gasteiger charge is 2.41. The van der Waals surface area contributed by atoms with Crippen LogP contribution in [0, 0.1) is 5.41 Å². The number of ether oxygens (including phenoxy) is 1. The summed E-state index contributed by atoms with van der Waals surface area (Å²) < 4.78 is 5.83. The van der Waals surface area contributed by atoms with Gasteiger partial charge in [0.15, 0.2) is 0 Å². The molecule has 0 aliphatic heterocycles. The van der Waals surface area contributed by atoms with Gasteiger partial charge in [-0.25, -0.2) is 0 Å². The van der Waals surface area contributed by atoms with E-state index in [4.69, 9.17) is 4.74 Å². The second-order valence-corrected chi connectivity index (χ2v) is 5.82. The van der Waals surface area contributed by atoms with Crippen LogP contribution in [0.3, 0.4) is 0 Å². The zero-order chi connectivity index (χ0) is 14.5. The minimum Gasteiger partial charge on any atom is -0.457 e. The molecule has 2 aromatic rings. The second kappa shape index (κ2) is 6.29. The predicted octanol–water partition coefficient (Wildman–Crippen LogP) is 3.34. The van der Waals surface area contributed by atoms with Crippen LogP contribution < -0.4 is 10.1 Å². The second-order valence-electron chi connectivity index (χ2n) is 5.82.